The van der Waals surface area contributed by atoms with Gasteiger partial charge in [-0.2, -0.15) is 0 Å². The van der Waals surface area contributed by atoms with Crippen LogP contribution in [0.3, 0.4) is 0 Å². The maximum atomic E-state index is 12.8. The number of aryl methyl sites for hydroxylation is 1. The number of pyridine rings is 1. The van der Waals surface area contributed by atoms with E-state index < -0.39 is 12.1 Å². The monoisotopic (exact) mass is 443 g/mol. The fourth-order valence-corrected chi connectivity index (χ4v) is 5.14. The lowest BCUT2D eigenvalue weighted by Gasteiger charge is -2.20. The molecule has 0 spiro atoms. The first-order chi connectivity index (χ1) is 16.1. The van der Waals surface area contributed by atoms with E-state index in [0.717, 1.165) is 42.6 Å². The number of aliphatic hydroxyl groups excluding tert-OH is 1. The predicted molar refractivity (Wildman–Crippen MR) is 128 cm³/mol. The average molecular weight is 444 g/mol. The van der Waals surface area contributed by atoms with Crippen LogP contribution in [0, 0.1) is 0 Å². The third-order valence-electron chi connectivity index (χ3n) is 6.86. The van der Waals surface area contributed by atoms with Gasteiger partial charge in [0.15, 0.2) is 0 Å². The Balaban J connectivity index is 1.17. The van der Waals surface area contributed by atoms with E-state index in [1.165, 1.54) is 11.6 Å². The van der Waals surface area contributed by atoms with E-state index in [4.69, 9.17) is 0 Å². The molecule has 2 aliphatic rings. The lowest BCUT2D eigenvalue weighted by atomic mass is 10.0. The number of benzene rings is 2. The number of nitrogens with one attached hydrogen (secondary N) is 2. The number of carbonyl (C=O) groups excluding carboxylic acids is 1. The molecule has 0 radical (unpaired) electrons. The largest absolute Gasteiger partial charge is 0.387 e. The highest BCUT2D eigenvalue weighted by Crippen LogP contribution is 2.27. The average Bonchev–Trinajstić information content (AvgIpc) is 3.49. The number of aliphatic hydroxyl groups is 1. The van der Waals surface area contributed by atoms with Crippen molar-refractivity contribution in [2.75, 3.05) is 5.32 Å². The van der Waals surface area contributed by atoms with Crippen molar-refractivity contribution in [2.45, 2.75) is 56.3 Å². The molecule has 1 fully saturated rings. The molecular weight excluding hydrogens is 414 g/mol. The zero-order valence-corrected chi connectivity index (χ0v) is 18.5. The summed E-state index contributed by atoms with van der Waals surface area (Å²) in [5.41, 5.74) is 3.65. The summed E-state index contributed by atoms with van der Waals surface area (Å²) >= 11 is 0. The van der Waals surface area contributed by atoms with Crippen LogP contribution in [-0.4, -0.2) is 27.7 Å². The predicted octanol–water partition coefficient (Wildman–Crippen LogP) is 3.37. The summed E-state index contributed by atoms with van der Waals surface area (Å²) in [5, 5.41) is 17.2. The van der Waals surface area contributed by atoms with Gasteiger partial charge in [0, 0.05) is 29.5 Å². The van der Waals surface area contributed by atoms with Gasteiger partial charge in [0.2, 0.25) is 5.91 Å². The van der Waals surface area contributed by atoms with Crippen LogP contribution in [0.5, 0.6) is 0 Å². The van der Waals surface area contributed by atoms with Crippen LogP contribution in [-0.2, 0) is 17.6 Å². The summed E-state index contributed by atoms with van der Waals surface area (Å²) in [4.78, 5) is 25.0. The Hall–Kier alpha value is -3.22. The van der Waals surface area contributed by atoms with Crippen LogP contribution >= 0.6 is 0 Å². The Bertz CT molecular complexity index is 1170. The number of carbonyl (C=O) groups is 1. The Morgan fingerprint density at radius 3 is 2.58 bits per heavy atom. The van der Waals surface area contributed by atoms with Gasteiger partial charge in [0.25, 0.3) is 5.56 Å². The molecule has 33 heavy (non-hydrogen) atoms. The van der Waals surface area contributed by atoms with Crippen LogP contribution in [0.25, 0.3) is 0 Å². The number of amides is 1. The minimum atomic E-state index is -0.498. The molecule has 6 heteroatoms. The van der Waals surface area contributed by atoms with Crippen molar-refractivity contribution in [1.82, 2.24) is 9.88 Å². The van der Waals surface area contributed by atoms with Crippen LogP contribution in [0.4, 0.5) is 5.69 Å². The van der Waals surface area contributed by atoms with Crippen molar-refractivity contribution >= 4 is 11.6 Å². The second kappa shape index (κ2) is 9.33. The summed E-state index contributed by atoms with van der Waals surface area (Å²) in [6.45, 7) is 0. The lowest BCUT2D eigenvalue weighted by molar-refractivity contribution is -0.119. The van der Waals surface area contributed by atoms with Gasteiger partial charge in [-0.05, 0) is 61.4 Å². The quantitative estimate of drug-likeness (QED) is 0.546. The summed E-state index contributed by atoms with van der Waals surface area (Å²) in [6, 6.07) is 22.8. The number of anilines is 1. The molecule has 170 valence electrons. The summed E-state index contributed by atoms with van der Waals surface area (Å²) in [7, 11) is 0. The Morgan fingerprint density at radius 1 is 1.00 bits per heavy atom. The maximum Gasteiger partial charge on any atom is 0.251 e. The molecule has 1 amide bonds. The van der Waals surface area contributed by atoms with Gasteiger partial charge in [-0.3, -0.25) is 9.59 Å². The highest BCUT2D eigenvalue weighted by Gasteiger charge is 2.30. The molecule has 3 heterocycles. The summed E-state index contributed by atoms with van der Waals surface area (Å²) in [6.07, 6.45) is 3.72. The number of hydrogen-bond donors (Lipinski definition) is 3. The fourth-order valence-electron chi connectivity index (χ4n) is 5.14. The van der Waals surface area contributed by atoms with E-state index >= 15 is 0 Å². The minimum absolute atomic E-state index is 0.0636. The van der Waals surface area contributed by atoms with E-state index in [2.05, 4.69) is 10.6 Å². The Labute approximate surface area is 193 Å². The number of hydrogen-bond acceptors (Lipinski definition) is 4. The van der Waals surface area contributed by atoms with Crippen molar-refractivity contribution < 1.29 is 9.90 Å². The van der Waals surface area contributed by atoms with Crippen molar-refractivity contribution in [3.63, 3.8) is 0 Å². The van der Waals surface area contributed by atoms with E-state index in [1.807, 2.05) is 60.7 Å². The van der Waals surface area contributed by atoms with Gasteiger partial charge < -0.3 is 20.3 Å². The van der Waals surface area contributed by atoms with Crippen LogP contribution in [0.15, 0.2) is 77.6 Å². The zero-order chi connectivity index (χ0) is 22.8. The molecule has 0 bridgehead atoms. The molecule has 4 unspecified atom stereocenters. The highest BCUT2D eigenvalue weighted by atomic mass is 16.3. The van der Waals surface area contributed by atoms with Gasteiger partial charge >= 0.3 is 0 Å². The Kier molecular flexibility index (Phi) is 6.11. The third kappa shape index (κ3) is 4.63. The first kappa shape index (κ1) is 21.6. The molecule has 2 aliphatic heterocycles. The van der Waals surface area contributed by atoms with Crippen molar-refractivity contribution in [3.8, 4) is 0 Å². The van der Waals surface area contributed by atoms with Crippen LogP contribution in [0.2, 0.25) is 0 Å². The normalized spacial score (nSPS) is 22.6. The molecule has 4 atom stereocenters. The molecule has 2 aromatic carbocycles. The molecule has 3 N–H and O–H groups in total. The Morgan fingerprint density at radius 2 is 1.79 bits per heavy atom. The van der Waals surface area contributed by atoms with Gasteiger partial charge in [-0.15, -0.1) is 0 Å². The molecule has 0 aliphatic carbocycles. The highest BCUT2D eigenvalue weighted by molar-refractivity contribution is 5.94. The first-order valence-corrected chi connectivity index (χ1v) is 11.7. The number of nitrogens with zero attached hydrogens (tertiary/aromatic N) is 1. The van der Waals surface area contributed by atoms with E-state index in [9.17, 15) is 14.7 Å². The SMILES string of the molecule is O=C(Nc1ccc(CC2CCC(C(O)c3ccccc3)N2)cc1)C1CCc2cccc(=O)n21. The fraction of sp³-hybridized carbons (Fsp3) is 0.333. The number of fused-ring (bicyclic) bond motifs is 1. The van der Waals surface area contributed by atoms with Crippen LogP contribution in [0.1, 0.15) is 48.2 Å². The molecule has 1 aromatic heterocycles. The van der Waals surface area contributed by atoms with Crippen molar-refractivity contribution in [3.05, 3.63) is 100.0 Å². The molecule has 1 saturated heterocycles. The summed E-state index contributed by atoms with van der Waals surface area (Å²) < 4.78 is 1.61. The van der Waals surface area contributed by atoms with Gasteiger partial charge in [-0.1, -0.05) is 48.5 Å². The summed E-state index contributed by atoms with van der Waals surface area (Å²) in [5.74, 6) is -0.148. The zero-order valence-electron chi connectivity index (χ0n) is 18.5. The molecule has 6 nitrogen and oxygen atoms in total. The van der Waals surface area contributed by atoms with Gasteiger partial charge in [-0.25, -0.2) is 0 Å². The van der Waals surface area contributed by atoms with Crippen molar-refractivity contribution in [2.24, 2.45) is 0 Å². The minimum Gasteiger partial charge on any atom is -0.387 e. The molecular formula is C27H29N3O3. The lowest BCUT2D eigenvalue weighted by Crippen LogP contribution is -2.35. The topological polar surface area (TPSA) is 83.4 Å². The number of rotatable bonds is 6. The second-order valence-electron chi connectivity index (χ2n) is 9.07. The molecule has 3 aromatic rings. The molecule has 5 rings (SSSR count). The first-order valence-electron chi connectivity index (χ1n) is 11.7. The number of aromatic nitrogens is 1. The smallest absolute Gasteiger partial charge is 0.251 e. The maximum absolute atomic E-state index is 12.8. The third-order valence-corrected chi connectivity index (χ3v) is 6.86. The molecule has 0 saturated carbocycles. The van der Waals surface area contributed by atoms with Crippen molar-refractivity contribution in [1.29, 1.82) is 0 Å². The second-order valence-corrected chi connectivity index (χ2v) is 9.07. The van der Waals surface area contributed by atoms with Gasteiger partial charge in [0.1, 0.15) is 6.04 Å². The van der Waals surface area contributed by atoms with Gasteiger partial charge in [0.05, 0.1) is 6.10 Å². The van der Waals surface area contributed by atoms with E-state index in [0.29, 0.717) is 12.5 Å². The van der Waals surface area contributed by atoms with E-state index in [-0.39, 0.29) is 17.5 Å². The van der Waals surface area contributed by atoms with E-state index in [1.54, 1.807) is 10.6 Å². The van der Waals surface area contributed by atoms with Crippen LogP contribution < -0.4 is 16.2 Å². The standard InChI is InChI=1S/C27H29N3O3/c31-25-8-4-7-22-14-16-24(30(22)25)27(33)29-20-11-9-18(10-12-20)17-21-13-15-23(28-21)26(32)19-5-2-1-3-6-19/h1-12,21,23-24,26,28,32H,13-17H2,(H,29,33).